The highest BCUT2D eigenvalue weighted by atomic mass is 79.9. The molecule has 1 aromatic carbocycles. The third kappa shape index (κ3) is 3.29. The van der Waals surface area contributed by atoms with Gasteiger partial charge in [0.1, 0.15) is 0 Å². The van der Waals surface area contributed by atoms with Crippen LogP contribution in [0.25, 0.3) is 0 Å². The van der Waals surface area contributed by atoms with Crippen LogP contribution in [0.4, 0.5) is 0 Å². The minimum absolute atomic E-state index is 0.00426. The molecule has 4 heteroatoms. The Morgan fingerprint density at radius 1 is 1.30 bits per heavy atom. The molecule has 0 spiro atoms. The Hall–Kier alpha value is -1.16. The third-order valence-electron chi connectivity index (χ3n) is 3.57. The van der Waals surface area contributed by atoms with E-state index in [-0.39, 0.29) is 17.9 Å². The number of imide groups is 1. The Balaban J connectivity index is 2.16. The molecular weight excluding hydrogens is 318 g/mol. The number of nitrogens with zero attached hydrogens (tertiary/aromatic N) is 1. The highest BCUT2D eigenvalue weighted by molar-refractivity contribution is 9.10. The summed E-state index contributed by atoms with van der Waals surface area (Å²) in [6.45, 7) is 5.58. The van der Waals surface area contributed by atoms with E-state index < -0.39 is 5.41 Å². The summed E-state index contributed by atoms with van der Waals surface area (Å²) >= 11 is 3.41. The molecule has 1 fully saturated rings. The molecule has 1 heterocycles. The number of rotatable bonds is 2. The van der Waals surface area contributed by atoms with Crippen molar-refractivity contribution in [2.75, 3.05) is 0 Å². The molecule has 1 aliphatic heterocycles. The number of hydrogen-bond donors (Lipinski definition) is 0. The zero-order valence-corrected chi connectivity index (χ0v) is 13.7. The summed E-state index contributed by atoms with van der Waals surface area (Å²) in [4.78, 5) is 25.9. The van der Waals surface area contributed by atoms with Gasteiger partial charge in [0.15, 0.2) is 0 Å². The monoisotopic (exact) mass is 337 g/mol. The molecule has 108 valence electrons. The standard InChI is InChI=1S/C16H20BrNO2/c1-16(2,3)15(20)18-13(8-9-14(18)19)10-11-4-6-12(17)7-5-11/h4-7,13H,8-10H2,1-3H3. The number of likely N-dealkylation sites (tertiary alicyclic amines) is 1. The predicted octanol–water partition coefficient (Wildman–Crippen LogP) is 3.56. The van der Waals surface area contributed by atoms with Crippen LogP contribution in [-0.2, 0) is 16.0 Å². The van der Waals surface area contributed by atoms with Gasteiger partial charge in [-0.3, -0.25) is 14.5 Å². The molecule has 1 unspecified atom stereocenters. The van der Waals surface area contributed by atoms with Crippen LogP contribution in [0.2, 0.25) is 0 Å². The number of benzene rings is 1. The summed E-state index contributed by atoms with van der Waals surface area (Å²) in [7, 11) is 0. The van der Waals surface area contributed by atoms with Gasteiger partial charge in [0.2, 0.25) is 11.8 Å². The first-order valence-corrected chi connectivity index (χ1v) is 7.69. The smallest absolute Gasteiger partial charge is 0.234 e. The molecule has 1 aliphatic rings. The Labute approximate surface area is 128 Å². The van der Waals surface area contributed by atoms with Gasteiger partial charge in [-0.25, -0.2) is 0 Å². The Morgan fingerprint density at radius 3 is 2.45 bits per heavy atom. The average Bonchev–Trinajstić information content (AvgIpc) is 2.71. The van der Waals surface area contributed by atoms with Crippen LogP contribution in [0.5, 0.6) is 0 Å². The van der Waals surface area contributed by atoms with Crippen LogP contribution in [0.3, 0.4) is 0 Å². The molecule has 1 saturated heterocycles. The minimum atomic E-state index is -0.516. The fraction of sp³-hybridized carbons (Fsp3) is 0.500. The number of amides is 2. The average molecular weight is 338 g/mol. The number of carbonyl (C=O) groups excluding carboxylic acids is 2. The zero-order valence-electron chi connectivity index (χ0n) is 12.1. The zero-order chi connectivity index (χ0) is 14.9. The third-order valence-corrected chi connectivity index (χ3v) is 4.10. The van der Waals surface area contributed by atoms with E-state index in [1.54, 1.807) is 0 Å². The van der Waals surface area contributed by atoms with Crippen molar-refractivity contribution >= 4 is 27.7 Å². The fourth-order valence-corrected chi connectivity index (χ4v) is 2.73. The van der Waals surface area contributed by atoms with E-state index in [0.717, 1.165) is 22.9 Å². The molecule has 2 rings (SSSR count). The molecule has 0 aromatic heterocycles. The second kappa shape index (κ2) is 5.68. The second-order valence-corrected chi connectivity index (χ2v) is 7.26. The van der Waals surface area contributed by atoms with Crippen molar-refractivity contribution in [2.24, 2.45) is 5.41 Å². The summed E-state index contributed by atoms with van der Waals surface area (Å²) < 4.78 is 1.03. The van der Waals surface area contributed by atoms with Crippen molar-refractivity contribution in [1.29, 1.82) is 0 Å². The number of carbonyl (C=O) groups is 2. The van der Waals surface area contributed by atoms with E-state index >= 15 is 0 Å². The van der Waals surface area contributed by atoms with Crippen LogP contribution in [-0.4, -0.2) is 22.8 Å². The van der Waals surface area contributed by atoms with Crippen molar-refractivity contribution in [3.05, 3.63) is 34.3 Å². The van der Waals surface area contributed by atoms with E-state index in [1.807, 2.05) is 45.0 Å². The Morgan fingerprint density at radius 2 is 1.90 bits per heavy atom. The lowest BCUT2D eigenvalue weighted by Crippen LogP contribution is -2.45. The summed E-state index contributed by atoms with van der Waals surface area (Å²) in [6, 6.07) is 8.04. The summed E-state index contributed by atoms with van der Waals surface area (Å²) in [6.07, 6.45) is 1.97. The summed E-state index contributed by atoms with van der Waals surface area (Å²) in [5.41, 5.74) is 0.637. The maximum Gasteiger partial charge on any atom is 0.234 e. The number of halogens is 1. The van der Waals surface area contributed by atoms with E-state index in [4.69, 9.17) is 0 Å². The lowest BCUT2D eigenvalue weighted by atomic mass is 9.93. The lowest BCUT2D eigenvalue weighted by Gasteiger charge is -2.29. The normalized spacial score (nSPS) is 19.5. The van der Waals surface area contributed by atoms with Crippen LogP contribution in [0.15, 0.2) is 28.7 Å². The Bertz CT molecular complexity index is 516. The van der Waals surface area contributed by atoms with Gasteiger partial charge in [0.25, 0.3) is 0 Å². The summed E-state index contributed by atoms with van der Waals surface area (Å²) in [5, 5.41) is 0. The summed E-state index contributed by atoms with van der Waals surface area (Å²) in [5.74, 6) is -0.103. The van der Waals surface area contributed by atoms with Crippen molar-refractivity contribution in [2.45, 2.75) is 46.1 Å². The highest BCUT2D eigenvalue weighted by Gasteiger charge is 2.40. The van der Waals surface area contributed by atoms with Gasteiger partial charge in [-0.15, -0.1) is 0 Å². The van der Waals surface area contributed by atoms with Gasteiger partial charge in [-0.2, -0.15) is 0 Å². The van der Waals surface area contributed by atoms with Gasteiger partial charge in [-0.05, 0) is 30.5 Å². The quantitative estimate of drug-likeness (QED) is 0.827. The minimum Gasteiger partial charge on any atom is -0.279 e. The Kier molecular flexibility index (Phi) is 4.33. The first-order valence-electron chi connectivity index (χ1n) is 6.90. The van der Waals surface area contributed by atoms with Gasteiger partial charge in [-0.1, -0.05) is 48.8 Å². The molecule has 0 saturated carbocycles. The highest BCUT2D eigenvalue weighted by Crippen LogP contribution is 2.28. The molecule has 0 aliphatic carbocycles. The van der Waals surface area contributed by atoms with Crippen LogP contribution >= 0.6 is 15.9 Å². The van der Waals surface area contributed by atoms with E-state index in [2.05, 4.69) is 15.9 Å². The molecule has 2 amide bonds. The molecule has 0 radical (unpaired) electrons. The van der Waals surface area contributed by atoms with Crippen LogP contribution < -0.4 is 0 Å². The topological polar surface area (TPSA) is 37.4 Å². The number of hydrogen-bond acceptors (Lipinski definition) is 2. The predicted molar refractivity (Wildman–Crippen MR) is 82.2 cm³/mol. The second-order valence-electron chi connectivity index (χ2n) is 6.34. The van der Waals surface area contributed by atoms with Crippen LogP contribution in [0, 0.1) is 5.41 Å². The largest absolute Gasteiger partial charge is 0.279 e. The molecule has 20 heavy (non-hydrogen) atoms. The van der Waals surface area contributed by atoms with Gasteiger partial charge in [0.05, 0.1) is 0 Å². The first-order chi connectivity index (χ1) is 9.29. The van der Waals surface area contributed by atoms with Crippen molar-refractivity contribution < 1.29 is 9.59 Å². The van der Waals surface area contributed by atoms with Gasteiger partial charge < -0.3 is 0 Å². The molecule has 3 nitrogen and oxygen atoms in total. The van der Waals surface area contributed by atoms with Crippen molar-refractivity contribution in [1.82, 2.24) is 4.90 Å². The van der Waals surface area contributed by atoms with E-state index in [1.165, 1.54) is 4.90 Å². The molecule has 1 atom stereocenters. The molecule has 0 bridgehead atoms. The first kappa shape index (κ1) is 15.2. The van der Waals surface area contributed by atoms with Crippen molar-refractivity contribution in [3.8, 4) is 0 Å². The lowest BCUT2D eigenvalue weighted by molar-refractivity contribution is -0.149. The molecule has 0 N–H and O–H groups in total. The van der Waals surface area contributed by atoms with E-state index in [9.17, 15) is 9.59 Å². The maximum absolute atomic E-state index is 12.4. The van der Waals surface area contributed by atoms with E-state index in [0.29, 0.717) is 6.42 Å². The van der Waals surface area contributed by atoms with Gasteiger partial charge in [0, 0.05) is 22.4 Å². The SMILES string of the molecule is CC(C)(C)C(=O)N1C(=O)CCC1Cc1ccc(Br)cc1. The van der Waals surface area contributed by atoms with Crippen molar-refractivity contribution in [3.63, 3.8) is 0 Å². The molecule has 1 aromatic rings. The van der Waals surface area contributed by atoms with Crippen LogP contribution in [0.1, 0.15) is 39.2 Å². The van der Waals surface area contributed by atoms with Gasteiger partial charge >= 0.3 is 0 Å². The fourth-order valence-electron chi connectivity index (χ4n) is 2.47. The molecular formula is C16H20BrNO2. The maximum atomic E-state index is 12.4.